The van der Waals surface area contributed by atoms with Gasteiger partial charge >= 0.3 is 0 Å². The summed E-state index contributed by atoms with van der Waals surface area (Å²) in [5.74, 6) is 1.28. The molecular weight excluding hydrogens is 184 g/mol. The predicted molar refractivity (Wildman–Crippen MR) is 60.5 cm³/mol. The Labute approximate surface area is 92.6 Å². The van der Waals surface area contributed by atoms with Gasteiger partial charge in [0.2, 0.25) is 0 Å². The van der Waals surface area contributed by atoms with Crippen LogP contribution in [0.15, 0.2) is 0 Å². The van der Waals surface area contributed by atoms with Crippen LogP contribution in [-0.2, 0) is 4.79 Å². The van der Waals surface area contributed by atoms with Crippen LogP contribution < -0.4 is 0 Å². The standard InChI is InChI=1S/C14H22O/c1-11(2,3)14-8-12(4)7-6-9(14)13(14,5)10(12)15/h9H,6-8H2,1-5H3/t9?,12-,13-,14-/m1/s1. The first-order valence-electron chi connectivity index (χ1n) is 6.25. The van der Waals surface area contributed by atoms with Crippen LogP contribution in [0, 0.1) is 27.6 Å². The molecule has 4 atom stereocenters. The van der Waals surface area contributed by atoms with Gasteiger partial charge in [0.15, 0.2) is 0 Å². The number of Topliss-reactive ketones (excluding diaryl/α,β-unsaturated/α-hetero) is 1. The molecule has 0 aromatic carbocycles. The van der Waals surface area contributed by atoms with Crippen LogP contribution in [0.4, 0.5) is 0 Å². The van der Waals surface area contributed by atoms with Gasteiger partial charge in [-0.05, 0) is 36.0 Å². The molecule has 1 nitrogen and oxygen atoms in total. The number of carbonyl (C=O) groups is 1. The molecule has 0 amide bonds. The van der Waals surface area contributed by atoms with Gasteiger partial charge in [-0.15, -0.1) is 0 Å². The SMILES string of the molecule is CC(C)(C)[C@@]12C[C@@]3(C)CCC1[C@]2(C)C3=O. The first kappa shape index (κ1) is 9.86. The highest BCUT2D eigenvalue weighted by Crippen LogP contribution is 2.89. The van der Waals surface area contributed by atoms with Crippen molar-refractivity contribution in [1.82, 2.24) is 0 Å². The van der Waals surface area contributed by atoms with E-state index >= 15 is 0 Å². The van der Waals surface area contributed by atoms with E-state index in [1.54, 1.807) is 0 Å². The molecule has 4 rings (SSSR count). The molecule has 4 fully saturated rings. The molecule has 4 bridgehead atoms. The molecule has 0 radical (unpaired) electrons. The van der Waals surface area contributed by atoms with Crippen LogP contribution >= 0.6 is 0 Å². The van der Waals surface area contributed by atoms with E-state index in [1.807, 2.05) is 0 Å². The first-order chi connectivity index (χ1) is 6.70. The average molecular weight is 206 g/mol. The van der Waals surface area contributed by atoms with Gasteiger partial charge < -0.3 is 0 Å². The average Bonchev–Trinajstić information content (AvgIpc) is 2.60. The number of hydrogen-bond acceptors (Lipinski definition) is 1. The Balaban J connectivity index is 2.16. The second kappa shape index (κ2) is 2.06. The molecule has 0 spiro atoms. The monoisotopic (exact) mass is 206 g/mol. The number of rotatable bonds is 0. The summed E-state index contributed by atoms with van der Waals surface area (Å²) < 4.78 is 0. The van der Waals surface area contributed by atoms with Crippen LogP contribution in [-0.4, -0.2) is 5.78 Å². The van der Waals surface area contributed by atoms with E-state index in [0.717, 1.165) is 12.8 Å². The van der Waals surface area contributed by atoms with Gasteiger partial charge in [0, 0.05) is 10.8 Å². The van der Waals surface area contributed by atoms with Crippen molar-refractivity contribution in [3.05, 3.63) is 0 Å². The van der Waals surface area contributed by atoms with Crippen LogP contribution in [0.1, 0.15) is 53.9 Å². The summed E-state index contributed by atoms with van der Waals surface area (Å²) in [4.78, 5) is 12.5. The molecule has 0 heterocycles. The minimum atomic E-state index is 0.0246. The van der Waals surface area contributed by atoms with Crippen molar-refractivity contribution in [2.45, 2.75) is 53.9 Å². The third-order valence-electron chi connectivity index (χ3n) is 6.15. The Morgan fingerprint density at radius 1 is 1.27 bits per heavy atom. The fourth-order valence-electron chi connectivity index (χ4n) is 5.55. The highest BCUT2D eigenvalue weighted by Gasteiger charge is 2.88. The summed E-state index contributed by atoms with van der Waals surface area (Å²) >= 11 is 0. The van der Waals surface area contributed by atoms with E-state index < -0.39 is 0 Å². The zero-order valence-electron chi connectivity index (χ0n) is 10.6. The lowest BCUT2D eigenvalue weighted by Gasteiger charge is -2.39. The van der Waals surface area contributed by atoms with E-state index in [0.29, 0.717) is 22.5 Å². The largest absolute Gasteiger partial charge is 0.298 e. The van der Waals surface area contributed by atoms with E-state index in [-0.39, 0.29) is 10.8 Å². The zero-order valence-corrected chi connectivity index (χ0v) is 10.6. The maximum Gasteiger partial charge on any atom is 0.145 e. The van der Waals surface area contributed by atoms with Crippen molar-refractivity contribution in [3.63, 3.8) is 0 Å². The van der Waals surface area contributed by atoms with E-state index in [2.05, 4.69) is 34.6 Å². The Morgan fingerprint density at radius 3 is 2.20 bits per heavy atom. The van der Waals surface area contributed by atoms with Crippen molar-refractivity contribution in [3.8, 4) is 0 Å². The molecule has 1 heteroatoms. The Kier molecular flexibility index (Phi) is 1.35. The maximum absolute atomic E-state index is 12.5. The molecule has 0 aromatic heterocycles. The van der Waals surface area contributed by atoms with Gasteiger partial charge in [0.1, 0.15) is 5.78 Å². The van der Waals surface area contributed by atoms with Gasteiger partial charge in [-0.3, -0.25) is 4.79 Å². The molecule has 4 aliphatic rings. The fourth-order valence-corrected chi connectivity index (χ4v) is 5.55. The lowest BCUT2D eigenvalue weighted by Crippen LogP contribution is -2.36. The second-order valence-electron chi connectivity index (χ2n) is 7.58. The van der Waals surface area contributed by atoms with Crippen molar-refractivity contribution in [1.29, 1.82) is 0 Å². The van der Waals surface area contributed by atoms with Crippen molar-refractivity contribution in [2.75, 3.05) is 0 Å². The quantitative estimate of drug-likeness (QED) is 0.593. The lowest BCUT2D eigenvalue weighted by atomic mass is 9.64. The summed E-state index contributed by atoms with van der Waals surface area (Å²) in [7, 11) is 0. The minimum Gasteiger partial charge on any atom is -0.298 e. The van der Waals surface area contributed by atoms with Crippen molar-refractivity contribution >= 4 is 5.78 Å². The lowest BCUT2D eigenvalue weighted by molar-refractivity contribution is -0.133. The molecule has 1 unspecified atom stereocenters. The van der Waals surface area contributed by atoms with E-state index in [9.17, 15) is 4.79 Å². The molecule has 4 aliphatic carbocycles. The molecule has 15 heavy (non-hydrogen) atoms. The number of fused-ring (bicyclic) bond motifs is 1. The Bertz CT molecular complexity index is 364. The topological polar surface area (TPSA) is 17.1 Å². The Morgan fingerprint density at radius 2 is 1.87 bits per heavy atom. The van der Waals surface area contributed by atoms with E-state index in [1.165, 1.54) is 6.42 Å². The van der Waals surface area contributed by atoms with Crippen molar-refractivity contribution in [2.24, 2.45) is 27.6 Å². The van der Waals surface area contributed by atoms with Gasteiger partial charge in [0.25, 0.3) is 0 Å². The normalized spacial score (nSPS) is 57.1. The fraction of sp³-hybridized carbons (Fsp3) is 0.929. The first-order valence-corrected chi connectivity index (χ1v) is 6.25. The molecule has 0 N–H and O–H groups in total. The number of hydrogen-bond donors (Lipinski definition) is 0. The molecule has 0 aliphatic heterocycles. The number of ketones is 1. The van der Waals surface area contributed by atoms with E-state index in [4.69, 9.17) is 0 Å². The molecule has 0 saturated heterocycles. The smallest absolute Gasteiger partial charge is 0.145 e. The summed E-state index contributed by atoms with van der Waals surface area (Å²) in [5.41, 5.74) is 0.694. The molecule has 4 saturated carbocycles. The maximum atomic E-state index is 12.5. The van der Waals surface area contributed by atoms with Crippen molar-refractivity contribution < 1.29 is 4.79 Å². The van der Waals surface area contributed by atoms with Crippen LogP contribution in [0.25, 0.3) is 0 Å². The highest BCUT2D eigenvalue weighted by atomic mass is 16.1. The zero-order chi connectivity index (χ0) is 11.3. The summed E-state index contributed by atoms with van der Waals surface area (Å²) in [6.07, 6.45) is 3.59. The summed E-state index contributed by atoms with van der Waals surface area (Å²) in [5, 5.41) is 0. The summed E-state index contributed by atoms with van der Waals surface area (Å²) in [6.45, 7) is 11.4. The predicted octanol–water partition coefficient (Wildman–Crippen LogP) is 3.43. The van der Waals surface area contributed by atoms with Crippen LogP contribution in [0.3, 0.4) is 0 Å². The second-order valence-corrected chi connectivity index (χ2v) is 7.58. The van der Waals surface area contributed by atoms with Gasteiger partial charge in [-0.25, -0.2) is 0 Å². The third kappa shape index (κ3) is 0.697. The summed E-state index contributed by atoms with van der Waals surface area (Å²) in [6, 6.07) is 0. The third-order valence-corrected chi connectivity index (χ3v) is 6.15. The van der Waals surface area contributed by atoms with Gasteiger partial charge in [-0.1, -0.05) is 34.6 Å². The van der Waals surface area contributed by atoms with Gasteiger partial charge in [-0.2, -0.15) is 0 Å². The minimum absolute atomic E-state index is 0.0246. The van der Waals surface area contributed by atoms with Crippen LogP contribution in [0.2, 0.25) is 0 Å². The number of carbonyl (C=O) groups excluding carboxylic acids is 1. The van der Waals surface area contributed by atoms with Gasteiger partial charge in [0.05, 0.1) is 0 Å². The molecular formula is C14H22O. The molecule has 84 valence electrons. The Hall–Kier alpha value is -0.330. The van der Waals surface area contributed by atoms with Crippen LogP contribution in [0.5, 0.6) is 0 Å². The molecule has 0 aromatic rings. The highest BCUT2D eigenvalue weighted by molar-refractivity contribution is 5.98.